The van der Waals surface area contributed by atoms with Crippen LogP contribution in [0.5, 0.6) is 17.2 Å². The molecule has 0 spiro atoms. The molecule has 2 aromatic rings. The molecule has 0 atom stereocenters. The van der Waals surface area contributed by atoms with Gasteiger partial charge in [0.15, 0.2) is 12.4 Å². The van der Waals surface area contributed by atoms with Gasteiger partial charge in [0.25, 0.3) is 0 Å². The van der Waals surface area contributed by atoms with Crippen molar-refractivity contribution in [2.24, 2.45) is 10.2 Å². The van der Waals surface area contributed by atoms with E-state index < -0.39 is 12.6 Å². The Bertz CT molecular complexity index is 700. The summed E-state index contributed by atoms with van der Waals surface area (Å²) in [6, 6.07) is 11.2. The lowest BCUT2D eigenvalue weighted by Crippen LogP contribution is -2.09. The number of azo groups is 1. The lowest BCUT2D eigenvalue weighted by atomic mass is 10.3. The van der Waals surface area contributed by atoms with Crippen molar-refractivity contribution in [1.29, 1.82) is 0 Å². The molecule has 0 fully saturated rings. The fraction of sp³-hybridized carbons (Fsp3) is 0.133. The van der Waals surface area contributed by atoms with Crippen LogP contribution in [0.15, 0.2) is 52.7 Å². The number of hydrogen-bond donors (Lipinski definition) is 2. The van der Waals surface area contributed by atoms with Crippen LogP contribution in [-0.2, 0) is 4.79 Å². The molecular weight excluding hydrogens is 288 g/mol. The van der Waals surface area contributed by atoms with Gasteiger partial charge in [-0.15, -0.1) is 10.2 Å². The minimum atomic E-state index is -1.13. The van der Waals surface area contributed by atoms with Gasteiger partial charge < -0.3 is 19.7 Å². The third kappa shape index (κ3) is 3.95. The molecule has 0 radical (unpaired) electrons. The maximum absolute atomic E-state index is 10.6. The van der Waals surface area contributed by atoms with Crippen LogP contribution in [0.25, 0.3) is 0 Å². The molecule has 0 amide bonds. The summed E-state index contributed by atoms with van der Waals surface area (Å²) in [4.78, 5) is 10.6. The van der Waals surface area contributed by atoms with Crippen LogP contribution in [-0.4, -0.2) is 29.9 Å². The number of hydrogen-bond acceptors (Lipinski definition) is 6. The van der Waals surface area contributed by atoms with Gasteiger partial charge in [-0.2, -0.15) is 0 Å². The number of phenolic OH excluding ortho intramolecular Hbond substituents is 1. The molecule has 0 bridgehead atoms. The van der Waals surface area contributed by atoms with E-state index in [0.29, 0.717) is 17.1 Å². The standard InChI is InChI=1S/C15H14N2O5/c1-21-13-5-3-2-4-11(13)16-17-12-7-6-10(18)8-14(12)22-9-15(19)20/h2-8,18H,9H2,1H3,(H,19,20). The second-order valence-electron chi connectivity index (χ2n) is 4.21. The van der Waals surface area contributed by atoms with E-state index in [0.717, 1.165) is 0 Å². The van der Waals surface area contributed by atoms with Crippen molar-refractivity contribution in [3.8, 4) is 17.2 Å². The molecule has 0 unspecified atom stereocenters. The Hall–Kier alpha value is -3.09. The Morgan fingerprint density at radius 3 is 2.45 bits per heavy atom. The number of rotatable bonds is 6. The van der Waals surface area contributed by atoms with Crippen LogP contribution in [0, 0.1) is 0 Å². The van der Waals surface area contributed by atoms with Crippen LogP contribution >= 0.6 is 0 Å². The average Bonchev–Trinajstić information content (AvgIpc) is 2.52. The molecule has 2 aromatic carbocycles. The zero-order valence-electron chi connectivity index (χ0n) is 11.8. The summed E-state index contributed by atoms with van der Waals surface area (Å²) >= 11 is 0. The third-order valence-corrected chi connectivity index (χ3v) is 2.65. The molecule has 0 aliphatic heterocycles. The topological polar surface area (TPSA) is 101 Å². The number of para-hydroxylation sites is 1. The second-order valence-corrected chi connectivity index (χ2v) is 4.21. The summed E-state index contributed by atoms with van der Waals surface area (Å²) < 4.78 is 10.2. The smallest absolute Gasteiger partial charge is 0.341 e. The number of methoxy groups -OCH3 is 1. The third-order valence-electron chi connectivity index (χ3n) is 2.65. The molecule has 2 N–H and O–H groups in total. The van der Waals surface area contributed by atoms with Gasteiger partial charge >= 0.3 is 5.97 Å². The Morgan fingerprint density at radius 2 is 1.77 bits per heavy atom. The monoisotopic (exact) mass is 302 g/mol. The normalized spacial score (nSPS) is 10.6. The highest BCUT2D eigenvalue weighted by Gasteiger charge is 2.08. The van der Waals surface area contributed by atoms with E-state index >= 15 is 0 Å². The van der Waals surface area contributed by atoms with Crippen molar-refractivity contribution in [2.45, 2.75) is 0 Å². The molecule has 7 nitrogen and oxygen atoms in total. The number of benzene rings is 2. The van der Waals surface area contributed by atoms with E-state index in [1.165, 1.54) is 25.3 Å². The fourth-order valence-corrected chi connectivity index (χ4v) is 1.66. The first-order valence-corrected chi connectivity index (χ1v) is 6.32. The molecule has 0 aliphatic rings. The van der Waals surface area contributed by atoms with E-state index in [-0.39, 0.29) is 11.5 Å². The minimum Gasteiger partial charge on any atom is -0.508 e. The van der Waals surface area contributed by atoms with Gasteiger partial charge in [-0.1, -0.05) is 12.1 Å². The molecule has 0 aromatic heterocycles. The molecule has 7 heteroatoms. The minimum absolute atomic E-state index is 0.0587. The Kier molecular flexibility index (Phi) is 4.92. The summed E-state index contributed by atoms with van der Waals surface area (Å²) in [5.74, 6) is -0.508. The van der Waals surface area contributed by atoms with E-state index in [4.69, 9.17) is 14.6 Å². The number of aromatic hydroxyl groups is 1. The van der Waals surface area contributed by atoms with Crippen molar-refractivity contribution >= 4 is 17.3 Å². The predicted octanol–water partition coefficient (Wildman–Crippen LogP) is 3.28. The number of aliphatic carboxylic acids is 1. The quantitative estimate of drug-likeness (QED) is 0.797. The molecule has 2 rings (SSSR count). The SMILES string of the molecule is COc1ccccc1N=Nc1ccc(O)cc1OCC(=O)O. The number of ether oxygens (including phenoxy) is 2. The number of carboxylic acid groups (broad SMARTS) is 1. The van der Waals surface area contributed by atoms with Crippen molar-refractivity contribution in [1.82, 2.24) is 0 Å². The lowest BCUT2D eigenvalue weighted by molar-refractivity contribution is -0.139. The maximum Gasteiger partial charge on any atom is 0.341 e. The first-order valence-electron chi connectivity index (χ1n) is 6.32. The van der Waals surface area contributed by atoms with Crippen LogP contribution < -0.4 is 9.47 Å². The van der Waals surface area contributed by atoms with E-state index in [9.17, 15) is 9.90 Å². The summed E-state index contributed by atoms with van der Waals surface area (Å²) in [5, 5.41) is 26.2. The second kappa shape index (κ2) is 7.07. The fourth-order valence-electron chi connectivity index (χ4n) is 1.66. The predicted molar refractivity (Wildman–Crippen MR) is 78.4 cm³/mol. The summed E-state index contributed by atoms with van der Waals surface area (Å²) in [6.45, 7) is -0.541. The molecule has 0 heterocycles. The van der Waals surface area contributed by atoms with E-state index in [2.05, 4.69) is 10.2 Å². The largest absolute Gasteiger partial charge is 0.508 e. The van der Waals surface area contributed by atoms with Crippen molar-refractivity contribution in [2.75, 3.05) is 13.7 Å². The van der Waals surface area contributed by atoms with Crippen molar-refractivity contribution in [3.63, 3.8) is 0 Å². The average molecular weight is 302 g/mol. The van der Waals surface area contributed by atoms with Crippen LogP contribution in [0.1, 0.15) is 0 Å². The van der Waals surface area contributed by atoms with Crippen LogP contribution in [0.3, 0.4) is 0 Å². The van der Waals surface area contributed by atoms with Gasteiger partial charge in [0.1, 0.15) is 22.9 Å². The number of nitrogens with zero attached hydrogens (tertiary/aromatic N) is 2. The summed E-state index contributed by atoms with van der Waals surface area (Å²) in [5.41, 5.74) is 0.812. The van der Waals surface area contributed by atoms with Gasteiger partial charge in [0.2, 0.25) is 0 Å². The molecule has 0 saturated carbocycles. The molecule has 114 valence electrons. The summed E-state index contributed by atoms with van der Waals surface area (Å²) in [7, 11) is 1.52. The first-order chi connectivity index (χ1) is 10.6. The zero-order valence-corrected chi connectivity index (χ0v) is 11.8. The highest BCUT2D eigenvalue weighted by molar-refractivity contribution is 5.69. The molecule has 0 aliphatic carbocycles. The van der Waals surface area contributed by atoms with Crippen molar-refractivity contribution in [3.05, 3.63) is 42.5 Å². The highest BCUT2D eigenvalue weighted by Crippen LogP contribution is 2.34. The number of carboxylic acids is 1. The molecule has 22 heavy (non-hydrogen) atoms. The van der Waals surface area contributed by atoms with Gasteiger partial charge in [-0.05, 0) is 24.3 Å². The van der Waals surface area contributed by atoms with Gasteiger partial charge in [-0.25, -0.2) is 4.79 Å². The number of carbonyl (C=O) groups is 1. The van der Waals surface area contributed by atoms with Gasteiger partial charge in [0, 0.05) is 6.07 Å². The van der Waals surface area contributed by atoms with Crippen LogP contribution in [0.2, 0.25) is 0 Å². The summed E-state index contributed by atoms with van der Waals surface area (Å²) in [6.07, 6.45) is 0. The van der Waals surface area contributed by atoms with Crippen LogP contribution in [0.4, 0.5) is 11.4 Å². The Balaban J connectivity index is 2.28. The Labute approximate surface area is 126 Å². The molecule has 0 saturated heterocycles. The zero-order chi connectivity index (χ0) is 15.9. The molecular formula is C15H14N2O5. The highest BCUT2D eigenvalue weighted by atomic mass is 16.5. The Morgan fingerprint density at radius 1 is 1.09 bits per heavy atom. The van der Waals surface area contributed by atoms with Gasteiger partial charge in [0.05, 0.1) is 7.11 Å². The maximum atomic E-state index is 10.6. The number of phenols is 1. The lowest BCUT2D eigenvalue weighted by Gasteiger charge is -2.07. The first kappa shape index (κ1) is 15.3. The van der Waals surface area contributed by atoms with E-state index in [1.54, 1.807) is 24.3 Å². The van der Waals surface area contributed by atoms with Crippen molar-refractivity contribution < 1.29 is 24.5 Å². The van der Waals surface area contributed by atoms with E-state index in [1.807, 2.05) is 0 Å². The van der Waals surface area contributed by atoms with Gasteiger partial charge in [-0.3, -0.25) is 0 Å².